The lowest BCUT2D eigenvalue weighted by molar-refractivity contribution is -0.145. The summed E-state index contributed by atoms with van der Waals surface area (Å²) in [5.41, 5.74) is 6.08. The quantitative estimate of drug-likeness (QED) is 0.677. The highest BCUT2D eigenvalue weighted by atomic mass is 16.5. The molecule has 0 saturated heterocycles. The van der Waals surface area contributed by atoms with E-state index < -0.39 is 18.1 Å². The summed E-state index contributed by atoms with van der Waals surface area (Å²) in [6.07, 6.45) is -1.02. The minimum atomic E-state index is -1.04. The number of aliphatic hydroxyl groups is 1. The molecule has 0 bridgehead atoms. The Morgan fingerprint density at radius 2 is 2.00 bits per heavy atom. The summed E-state index contributed by atoms with van der Waals surface area (Å²) in [7, 11) is 1.24. The van der Waals surface area contributed by atoms with Crippen molar-refractivity contribution in [3.63, 3.8) is 0 Å². The molecule has 1 rings (SSSR count). The van der Waals surface area contributed by atoms with Crippen LogP contribution in [0.1, 0.15) is 11.7 Å². The van der Waals surface area contributed by atoms with Gasteiger partial charge in [-0.15, -0.1) is 0 Å². The van der Waals surface area contributed by atoms with Crippen LogP contribution in [0.2, 0.25) is 0 Å². The molecule has 0 saturated carbocycles. The second-order valence-corrected chi connectivity index (χ2v) is 2.90. The Kier molecular flexibility index (Phi) is 3.62. The summed E-state index contributed by atoms with van der Waals surface area (Å²) < 4.78 is 4.43. The Morgan fingerprint density at radius 1 is 1.43 bits per heavy atom. The van der Waals surface area contributed by atoms with Crippen LogP contribution >= 0.6 is 0 Å². The van der Waals surface area contributed by atoms with Crippen LogP contribution in [0, 0.1) is 0 Å². The molecule has 1 aromatic carbocycles. The van der Waals surface area contributed by atoms with Crippen molar-refractivity contribution in [3.05, 3.63) is 35.9 Å². The van der Waals surface area contributed by atoms with Gasteiger partial charge in [0, 0.05) is 0 Å². The zero-order valence-electron chi connectivity index (χ0n) is 7.88. The molecule has 0 radical (unpaired) electrons. The van der Waals surface area contributed by atoms with Crippen molar-refractivity contribution in [2.24, 2.45) is 5.73 Å². The lowest BCUT2D eigenvalue weighted by Crippen LogP contribution is -2.37. The lowest BCUT2D eigenvalue weighted by Gasteiger charge is -2.16. The van der Waals surface area contributed by atoms with Gasteiger partial charge >= 0.3 is 5.97 Å². The van der Waals surface area contributed by atoms with Gasteiger partial charge in [0.05, 0.1) is 7.11 Å². The van der Waals surface area contributed by atoms with E-state index in [2.05, 4.69) is 4.74 Å². The molecular weight excluding hydrogens is 182 g/mol. The predicted octanol–water partition coefficient (Wildman–Crippen LogP) is 0.220. The molecule has 0 aliphatic carbocycles. The van der Waals surface area contributed by atoms with Crippen molar-refractivity contribution in [1.82, 2.24) is 0 Å². The molecular formula is C10H13NO3. The second kappa shape index (κ2) is 4.74. The molecule has 1 unspecified atom stereocenters. The summed E-state index contributed by atoms with van der Waals surface area (Å²) in [5.74, 6) is -0.624. The molecule has 0 aromatic heterocycles. The highest BCUT2D eigenvalue weighted by molar-refractivity contribution is 5.76. The smallest absolute Gasteiger partial charge is 0.325 e. The maximum absolute atomic E-state index is 11.0. The van der Waals surface area contributed by atoms with E-state index in [-0.39, 0.29) is 0 Å². The molecule has 0 fully saturated rings. The first kappa shape index (κ1) is 10.7. The number of esters is 1. The second-order valence-electron chi connectivity index (χ2n) is 2.90. The molecule has 0 spiro atoms. The summed E-state index contributed by atoms with van der Waals surface area (Å²) in [6, 6.07) is 7.72. The number of hydrogen-bond acceptors (Lipinski definition) is 4. The van der Waals surface area contributed by atoms with E-state index in [0.717, 1.165) is 0 Å². The predicted molar refractivity (Wildman–Crippen MR) is 51.4 cm³/mol. The van der Waals surface area contributed by atoms with Gasteiger partial charge < -0.3 is 15.6 Å². The molecule has 1 aromatic rings. The van der Waals surface area contributed by atoms with E-state index >= 15 is 0 Å². The fraction of sp³-hybridized carbons (Fsp3) is 0.300. The Labute approximate surface area is 82.3 Å². The van der Waals surface area contributed by atoms with E-state index in [9.17, 15) is 9.90 Å². The van der Waals surface area contributed by atoms with Gasteiger partial charge in [0.2, 0.25) is 0 Å². The van der Waals surface area contributed by atoms with Gasteiger partial charge in [0.15, 0.2) is 0 Å². The van der Waals surface area contributed by atoms with E-state index in [1.54, 1.807) is 24.3 Å². The zero-order valence-corrected chi connectivity index (χ0v) is 7.88. The van der Waals surface area contributed by atoms with Crippen LogP contribution in [0.25, 0.3) is 0 Å². The molecule has 0 amide bonds. The number of methoxy groups -OCH3 is 1. The zero-order chi connectivity index (χ0) is 10.6. The van der Waals surface area contributed by atoms with Gasteiger partial charge in [-0.2, -0.15) is 0 Å². The number of ether oxygens (including phenoxy) is 1. The van der Waals surface area contributed by atoms with Crippen molar-refractivity contribution in [1.29, 1.82) is 0 Å². The third-order valence-electron chi connectivity index (χ3n) is 1.95. The first-order chi connectivity index (χ1) is 6.66. The van der Waals surface area contributed by atoms with E-state index in [1.807, 2.05) is 6.07 Å². The lowest BCUT2D eigenvalue weighted by atomic mass is 10.0. The highest BCUT2D eigenvalue weighted by Gasteiger charge is 2.24. The Hall–Kier alpha value is -1.39. The van der Waals surface area contributed by atoms with Gasteiger partial charge in [0.1, 0.15) is 12.1 Å². The largest absolute Gasteiger partial charge is 0.468 e. The van der Waals surface area contributed by atoms with Crippen LogP contribution in [-0.2, 0) is 9.53 Å². The van der Waals surface area contributed by atoms with Crippen LogP contribution in [0.3, 0.4) is 0 Å². The summed E-state index contributed by atoms with van der Waals surface area (Å²) in [5, 5.41) is 9.66. The minimum absolute atomic E-state index is 0.602. The topological polar surface area (TPSA) is 72.5 Å². The molecule has 0 aliphatic rings. The molecule has 0 aliphatic heterocycles. The Bertz CT molecular complexity index is 299. The maximum atomic E-state index is 11.0. The van der Waals surface area contributed by atoms with Crippen LogP contribution in [0.5, 0.6) is 0 Å². The number of hydrogen-bond donors (Lipinski definition) is 2. The third kappa shape index (κ3) is 2.31. The molecule has 4 heteroatoms. The van der Waals surface area contributed by atoms with Crippen molar-refractivity contribution in [2.75, 3.05) is 7.11 Å². The van der Waals surface area contributed by atoms with Crippen molar-refractivity contribution < 1.29 is 14.6 Å². The fourth-order valence-electron chi connectivity index (χ4n) is 1.12. The molecule has 3 N–H and O–H groups in total. The van der Waals surface area contributed by atoms with Crippen molar-refractivity contribution in [3.8, 4) is 0 Å². The standard InChI is InChI=1S/C10H13NO3/c1-14-10(13)8(11)9(12)7-5-3-2-4-6-7/h2-6,8-9,12H,11H2,1H3/t8-,9?/m0/s1. The first-order valence-electron chi connectivity index (χ1n) is 4.23. The molecule has 76 valence electrons. The first-order valence-corrected chi connectivity index (χ1v) is 4.23. The average Bonchev–Trinajstić information content (AvgIpc) is 2.27. The molecule has 14 heavy (non-hydrogen) atoms. The normalized spacial score (nSPS) is 14.5. The summed E-state index contributed by atoms with van der Waals surface area (Å²) in [6.45, 7) is 0. The monoisotopic (exact) mass is 195 g/mol. The summed E-state index contributed by atoms with van der Waals surface area (Å²) >= 11 is 0. The minimum Gasteiger partial charge on any atom is -0.468 e. The number of nitrogens with two attached hydrogens (primary N) is 1. The Morgan fingerprint density at radius 3 is 2.50 bits per heavy atom. The van der Waals surface area contributed by atoms with E-state index in [1.165, 1.54) is 7.11 Å². The highest BCUT2D eigenvalue weighted by Crippen LogP contribution is 2.15. The number of rotatable bonds is 3. The van der Waals surface area contributed by atoms with Gasteiger partial charge in [0.25, 0.3) is 0 Å². The van der Waals surface area contributed by atoms with Crippen molar-refractivity contribution in [2.45, 2.75) is 12.1 Å². The SMILES string of the molecule is COC(=O)[C@@H](N)C(O)c1ccccc1. The fourth-order valence-corrected chi connectivity index (χ4v) is 1.12. The molecule has 0 heterocycles. The van der Waals surface area contributed by atoms with Gasteiger partial charge in [-0.3, -0.25) is 4.79 Å². The maximum Gasteiger partial charge on any atom is 0.325 e. The number of carbonyl (C=O) groups is 1. The summed E-state index contributed by atoms with van der Waals surface area (Å²) in [4.78, 5) is 11.0. The van der Waals surface area contributed by atoms with Crippen molar-refractivity contribution >= 4 is 5.97 Å². The van der Waals surface area contributed by atoms with Gasteiger partial charge in [-0.1, -0.05) is 30.3 Å². The Balaban J connectivity index is 2.75. The number of carbonyl (C=O) groups excluding carboxylic acids is 1. The third-order valence-corrected chi connectivity index (χ3v) is 1.95. The van der Waals surface area contributed by atoms with Crippen LogP contribution in [0.15, 0.2) is 30.3 Å². The van der Waals surface area contributed by atoms with E-state index in [0.29, 0.717) is 5.56 Å². The molecule has 2 atom stereocenters. The van der Waals surface area contributed by atoms with Gasteiger partial charge in [-0.25, -0.2) is 0 Å². The average molecular weight is 195 g/mol. The molecule has 4 nitrogen and oxygen atoms in total. The van der Waals surface area contributed by atoms with Crippen LogP contribution in [0.4, 0.5) is 0 Å². The van der Waals surface area contributed by atoms with E-state index in [4.69, 9.17) is 5.73 Å². The van der Waals surface area contributed by atoms with Gasteiger partial charge in [-0.05, 0) is 5.56 Å². The number of benzene rings is 1. The van der Waals surface area contributed by atoms with Crippen LogP contribution < -0.4 is 5.73 Å². The number of aliphatic hydroxyl groups excluding tert-OH is 1. The van der Waals surface area contributed by atoms with Crippen LogP contribution in [-0.4, -0.2) is 24.2 Å².